The van der Waals surface area contributed by atoms with Gasteiger partial charge in [-0.2, -0.15) is 0 Å². The zero-order chi connectivity index (χ0) is 22.2. The Morgan fingerprint density at radius 2 is 1.37 bits per heavy atom. The minimum atomic E-state index is -1.67. The van der Waals surface area contributed by atoms with E-state index in [2.05, 4.69) is 5.32 Å². The summed E-state index contributed by atoms with van der Waals surface area (Å²) in [6.07, 6.45) is -16.2. The molecule has 0 spiro atoms. The maximum atomic E-state index is 10.6. The topological polar surface area (TPSA) is 211 Å². The van der Waals surface area contributed by atoms with E-state index in [1.807, 2.05) is 0 Å². The van der Waals surface area contributed by atoms with E-state index in [1.165, 1.54) is 6.92 Å². The number of nitrogens with one attached hydrogen (secondary N) is 1. The van der Waals surface area contributed by atoms with Crippen molar-refractivity contribution in [2.75, 3.05) is 19.8 Å². The fourth-order valence-corrected chi connectivity index (χ4v) is 3.90. The Balaban J connectivity index is 1.68. The Labute approximate surface area is 172 Å². The molecule has 3 fully saturated rings. The number of aliphatic hydroxyl groups excluding tert-OH is 8. The third kappa shape index (κ3) is 4.63. The number of rotatable bonds is 6. The Hall–Kier alpha value is -0.520. The van der Waals surface area contributed by atoms with Crippen LogP contribution in [0, 0.1) is 0 Å². The highest BCUT2D eigenvalue weighted by Crippen LogP contribution is 2.30. The van der Waals surface area contributed by atoms with Gasteiger partial charge in [0.05, 0.1) is 31.5 Å². The summed E-state index contributed by atoms with van der Waals surface area (Å²) in [5.41, 5.74) is 0. The fraction of sp³-hybridized carbons (Fsp3) is 1.00. The number of aliphatic hydroxyl groups is 8. The highest BCUT2D eigenvalue weighted by molar-refractivity contribution is 4.96. The summed E-state index contributed by atoms with van der Waals surface area (Å²) in [4.78, 5) is 0. The lowest BCUT2D eigenvalue weighted by Crippen LogP contribution is -2.64. The first-order valence-corrected chi connectivity index (χ1v) is 9.84. The van der Waals surface area contributed by atoms with Crippen LogP contribution in [0.4, 0.5) is 0 Å². The van der Waals surface area contributed by atoms with Crippen LogP contribution < -0.4 is 5.32 Å². The van der Waals surface area contributed by atoms with E-state index >= 15 is 0 Å². The van der Waals surface area contributed by atoms with Crippen LogP contribution in [0.2, 0.25) is 0 Å². The highest BCUT2D eigenvalue weighted by atomic mass is 16.7. The van der Waals surface area contributed by atoms with E-state index in [1.54, 1.807) is 0 Å². The molecule has 0 aliphatic carbocycles. The molecule has 13 heteroatoms. The van der Waals surface area contributed by atoms with E-state index in [-0.39, 0.29) is 13.2 Å². The summed E-state index contributed by atoms with van der Waals surface area (Å²) in [5.74, 6) is 0. The molecule has 3 saturated heterocycles. The monoisotopic (exact) mass is 441 g/mol. The molecule has 0 amide bonds. The van der Waals surface area contributed by atoms with Crippen molar-refractivity contribution in [2.24, 2.45) is 0 Å². The molecule has 3 rings (SSSR count). The van der Waals surface area contributed by atoms with Crippen molar-refractivity contribution >= 4 is 0 Å². The van der Waals surface area contributed by atoms with Gasteiger partial charge in [-0.1, -0.05) is 0 Å². The van der Waals surface area contributed by atoms with Crippen LogP contribution in [0.1, 0.15) is 6.92 Å². The second-order valence-electron chi connectivity index (χ2n) is 7.85. The average molecular weight is 441 g/mol. The van der Waals surface area contributed by atoms with Crippen molar-refractivity contribution in [3.63, 3.8) is 0 Å². The Bertz CT molecular complexity index is 555. The molecule has 3 aliphatic rings. The van der Waals surface area contributed by atoms with E-state index in [0.29, 0.717) is 0 Å². The highest BCUT2D eigenvalue weighted by Gasteiger charge is 2.51. The zero-order valence-electron chi connectivity index (χ0n) is 16.3. The van der Waals surface area contributed by atoms with E-state index in [0.717, 1.165) is 0 Å². The van der Waals surface area contributed by atoms with Gasteiger partial charge in [-0.3, -0.25) is 0 Å². The van der Waals surface area contributed by atoms with Gasteiger partial charge in [0.1, 0.15) is 48.8 Å². The van der Waals surface area contributed by atoms with Gasteiger partial charge in [-0.25, -0.2) is 0 Å². The molecular weight excluding hydrogens is 410 g/mol. The predicted molar refractivity (Wildman–Crippen MR) is 94.7 cm³/mol. The first kappa shape index (κ1) is 24.1. The Morgan fingerprint density at radius 3 is 2.00 bits per heavy atom. The zero-order valence-corrected chi connectivity index (χ0v) is 16.3. The fourth-order valence-electron chi connectivity index (χ4n) is 3.90. The minimum Gasteiger partial charge on any atom is -0.395 e. The summed E-state index contributed by atoms with van der Waals surface area (Å²) < 4.78 is 21.9. The maximum absolute atomic E-state index is 10.6. The first-order valence-electron chi connectivity index (χ1n) is 9.84. The predicted octanol–water partition coefficient (Wildman–Crippen LogP) is -5.65. The molecule has 0 radical (unpaired) electrons. The molecule has 0 aromatic carbocycles. The molecule has 13 nitrogen and oxygen atoms in total. The summed E-state index contributed by atoms with van der Waals surface area (Å²) in [5, 5.41) is 82.7. The minimum absolute atomic E-state index is 0.152. The molecule has 3 heterocycles. The molecule has 0 saturated carbocycles. The third-order valence-corrected chi connectivity index (χ3v) is 5.77. The van der Waals surface area contributed by atoms with Gasteiger partial charge in [0.2, 0.25) is 0 Å². The van der Waals surface area contributed by atoms with E-state index < -0.39 is 86.3 Å². The lowest BCUT2D eigenvalue weighted by atomic mass is 9.97. The molecule has 9 N–H and O–H groups in total. The number of β-amino-alcohol motifs (C(OH)–C–C–N with tert-alkyl or cyclic N) is 1. The molecule has 0 bridgehead atoms. The van der Waals surface area contributed by atoms with Crippen LogP contribution >= 0.6 is 0 Å². The molecule has 0 aromatic heterocycles. The molecule has 176 valence electrons. The van der Waals surface area contributed by atoms with Crippen molar-refractivity contribution in [2.45, 2.75) is 86.6 Å². The van der Waals surface area contributed by atoms with Crippen molar-refractivity contribution in [3.05, 3.63) is 0 Å². The van der Waals surface area contributed by atoms with Crippen LogP contribution in [0.3, 0.4) is 0 Å². The van der Waals surface area contributed by atoms with Gasteiger partial charge in [-0.15, -0.1) is 0 Å². The number of hydrogen-bond acceptors (Lipinski definition) is 13. The van der Waals surface area contributed by atoms with Crippen LogP contribution in [-0.4, -0.2) is 140 Å². The summed E-state index contributed by atoms with van der Waals surface area (Å²) in [7, 11) is 0. The lowest BCUT2D eigenvalue weighted by molar-refractivity contribution is -0.361. The molecule has 3 aliphatic heterocycles. The molecule has 13 atom stereocenters. The van der Waals surface area contributed by atoms with Crippen LogP contribution in [0.25, 0.3) is 0 Å². The van der Waals surface area contributed by atoms with Crippen LogP contribution in [-0.2, 0) is 18.9 Å². The van der Waals surface area contributed by atoms with Crippen molar-refractivity contribution in [1.82, 2.24) is 5.32 Å². The van der Waals surface area contributed by atoms with Gasteiger partial charge in [0.15, 0.2) is 12.6 Å². The van der Waals surface area contributed by atoms with Gasteiger partial charge in [-0.05, 0) is 6.92 Å². The van der Waals surface area contributed by atoms with E-state index in [4.69, 9.17) is 18.9 Å². The number of ether oxygens (including phenoxy) is 4. The standard InChI is InChI=1S/C17H31NO12/c1-5-9(22)10(23)12(25)16(27-5)30-15-8(4-20)28-17(13(26)11(15)24)29-14-6(3-19)18-2-7(14)21/h5-26H,2-4H2,1H3/t5-,6-,7?,8-,9-,10+,11-,12-,13-,14-,15-,16-,17-/m1/s1. The smallest absolute Gasteiger partial charge is 0.187 e. The van der Waals surface area contributed by atoms with Crippen molar-refractivity contribution in [1.29, 1.82) is 0 Å². The Kier molecular flexibility index (Phi) is 8.01. The summed E-state index contributed by atoms with van der Waals surface area (Å²) >= 11 is 0. The van der Waals surface area contributed by atoms with Crippen molar-refractivity contribution < 1.29 is 59.8 Å². The molecule has 30 heavy (non-hydrogen) atoms. The second-order valence-corrected chi connectivity index (χ2v) is 7.85. The summed E-state index contributed by atoms with van der Waals surface area (Å²) in [6.45, 7) is 0.600. The lowest BCUT2D eigenvalue weighted by Gasteiger charge is -2.46. The maximum Gasteiger partial charge on any atom is 0.187 e. The first-order chi connectivity index (χ1) is 14.2. The SMILES string of the molecule is C[C@H]1O[C@H](O[C@H]2[C@H](O)[C@@H](O)[C@@H](O[C@H]3C(O)CN[C@@H]3CO)O[C@@H]2CO)[C@H](O)[C@@H](O)[C@@H]1O. The van der Waals surface area contributed by atoms with Gasteiger partial charge in [0, 0.05) is 6.54 Å². The Morgan fingerprint density at radius 1 is 0.767 bits per heavy atom. The largest absolute Gasteiger partial charge is 0.395 e. The van der Waals surface area contributed by atoms with E-state index in [9.17, 15) is 40.9 Å². The van der Waals surface area contributed by atoms with Gasteiger partial charge in [0.25, 0.3) is 0 Å². The van der Waals surface area contributed by atoms with Crippen LogP contribution in [0.15, 0.2) is 0 Å². The van der Waals surface area contributed by atoms with Gasteiger partial charge >= 0.3 is 0 Å². The van der Waals surface area contributed by atoms with Crippen molar-refractivity contribution in [3.8, 4) is 0 Å². The molecule has 1 unspecified atom stereocenters. The van der Waals surface area contributed by atoms with Crippen LogP contribution in [0.5, 0.6) is 0 Å². The summed E-state index contributed by atoms with van der Waals surface area (Å²) in [6, 6.07) is -0.616. The average Bonchev–Trinajstić information content (AvgIpc) is 3.09. The molecular formula is C17H31NO12. The van der Waals surface area contributed by atoms with Gasteiger partial charge < -0.3 is 65.1 Å². The quantitative estimate of drug-likeness (QED) is 0.188. The normalized spacial score (nSPS) is 52.5. The molecule has 0 aromatic rings. The second kappa shape index (κ2) is 9.95. The third-order valence-electron chi connectivity index (χ3n) is 5.77. The number of hydrogen-bond donors (Lipinski definition) is 9.